The summed E-state index contributed by atoms with van der Waals surface area (Å²) in [4.78, 5) is 27.6. The van der Waals surface area contributed by atoms with Crippen molar-refractivity contribution in [2.45, 2.75) is 32.0 Å². The number of hydrogen-bond donors (Lipinski definition) is 0. The number of rotatable bonds is 5. The summed E-state index contributed by atoms with van der Waals surface area (Å²) in [5, 5.41) is 9.74. The minimum Gasteiger partial charge on any atom is -0.341 e. The topological polar surface area (TPSA) is 72.5 Å². The van der Waals surface area contributed by atoms with Crippen LogP contribution in [-0.4, -0.2) is 48.8 Å². The quantitative estimate of drug-likeness (QED) is 0.477. The van der Waals surface area contributed by atoms with E-state index in [1.54, 1.807) is 16.7 Å². The van der Waals surface area contributed by atoms with Gasteiger partial charge in [0.25, 0.3) is 5.56 Å². The molecule has 1 aromatic carbocycles. The number of benzene rings is 1. The standard InChI is InChI=1S/C21H25N5O2S/c1-4-9-25-19(28)16-7-5-6-8-17(16)26-20(25)22-23-21(26)29-13-18(27)24-11-14(2)10-15(3)12-24/h4-8,14-15H,1,9-13H2,2-3H3/t14-,15-/m0/s1. The molecule has 2 aromatic heterocycles. The average Bonchev–Trinajstić information content (AvgIpc) is 3.12. The Morgan fingerprint density at radius 3 is 2.69 bits per heavy atom. The van der Waals surface area contributed by atoms with Crippen LogP contribution < -0.4 is 5.56 Å². The molecule has 1 aliphatic heterocycles. The number of aromatic nitrogens is 4. The summed E-state index contributed by atoms with van der Waals surface area (Å²) < 4.78 is 3.42. The highest BCUT2D eigenvalue weighted by molar-refractivity contribution is 7.99. The third-order valence-electron chi connectivity index (χ3n) is 5.34. The predicted molar refractivity (Wildman–Crippen MR) is 115 cm³/mol. The van der Waals surface area contributed by atoms with Gasteiger partial charge < -0.3 is 4.90 Å². The van der Waals surface area contributed by atoms with Gasteiger partial charge in [-0.3, -0.25) is 18.6 Å². The zero-order valence-corrected chi connectivity index (χ0v) is 17.6. The SMILES string of the molecule is C=CCn1c(=O)c2ccccc2n2c(SCC(=O)N3C[C@@H](C)C[C@H](C)C3)nnc12. The molecule has 1 fully saturated rings. The van der Waals surface area contributed by atoms with E-state index in [0.717, 1.165) is 18.6 Å². The van der Waals surface area contributed by atoms with E-state index in [4.69, 9.17) is 0 Å². The van der Waals surface area contributed by atoms with Gasteiger partial charge in [-0.25, -0.2) is 0 Å². The summed E-state index contributed by atoms with van der Waals surface area (Å²) in [7, 11) is 0. The summed E-state index contributed by atoms with van der Waals surface area (Å²) in [5.74, 6) is 1.94. The number of likely N-dealkylation sites (tertiary alicyclic amines) is 1. The molecule has 8 heteroatoms. The lowest BCUT2D eigenvalue weighted by molar-refractivity contribution is -0.130. The second-order valence-corrected chi connectivity index (χ2v) is 8.82. The van der Waals surface area contributed by atoms with Gasteiger partial charge in [0.15, 0.2) is 5.16 Å². The van der Waals surface area contributed by atoms with Crippen LogP contribution in [0.1, 0.15) is 20.3 Å². The van der Waals surface area contributed by atoms with Crippen molar-refractivity contribution in [3.63, 3.8) is 0 Å². The molecule has 4 rings (SSSR count). The zero-order valence-electron chi connectivity index (χ0n) is 16.7. The van der Waals surface area contributed by atoms with Gasteiger partial charge in [0, 0.05) is 19.6 Å². The highest BCUT2D eigenvalue weighted by Gasteiger charge is 2.26. The fraction of sp³-hybridized carbons (Fsp3) is 0.429. The number of nitrogens with zero attached hydrogens (tertiary/aromatic N) is 5. The van der Waals surface area contributed by atoms with Gasteiger partial charge in [-0.15, -0.1) is 16.8 Å². The van der Waals surface area contributed by atoms with E-state index < -0.39 is 0 Å². The second-order valence-electron chi connectivity index (χ2n) is 7.87. The van der Waals surface area contributed by atoms with E-state index in [2.05, 4.69) is 30.6 Å². The lowest BCUT2D eigenvalue weighted by atomic mass is 9.92. The molecule has 0 radical (unpaired) electrons. The largest absolute Gasteiger partial charge is 0.341 e. The van der Waals surface area contributed by atoms with Crippen LogP contribution in [-0.2, 0) is 11.3 Å². The minimum atomic E-state index is -0.121. The van der Waals surface area contributed by atoms with Crippen molar-refractivity contribution in [2.24, 2.45) is 11.8 Å². The molecule has 0 saturated carbocycles. The Morgan fingerprint density at radius 2 is 1.97 bits per heavy atom. The second kappa shape index (κ2) is 8.02. The maximum absolute atomic E-state index is 12.8. The monoisotopic (exact) mass is 411 g/mol. The molecule has 1 aliphatic rings. The van der Waals surface area contributed by atoms with Crippen LogP contribution in [0.4, 0.5) is 0 Å². The molecule has 1 amide bonds. The average molecular weight is 412 g/mol. The van der Waals surface area contributed by atoms with E-state index in [1.165, 1.54) is 18.2 Å². The Kier molecular flexibility index (Phi) is 5.45. The number of para-hydroxylation sites is 1. The van der Waals surface area contributed by atoms with E-state index >= 15 is 0 Å². The van der Waals surface area contributed by atoms with E-state index in [9.17, 15) is 9.59 Å². The number of thioether (sulfide) groups is 1. The van der Waals surface area contributed by atoms with Gasteiger partial charge in [0.2, 0.25) is 11.7 Å². The van der Waals surface area contributed by atoms with Crippen molar-refractivity contribution in [1.29, 1.82) is 0 Å². The molecular weight excluding hydrogens is 386 g/mol. The molecular formula is C21H25N5O2S. The van der Waals surface area contributed by atoms with Gasteiger partial charge >= 0.3 is 0 Å². The van der Waals surface area contributed by atoms with E-state index in [1.807, 2.05) is 27.5 Å². The normalized spacial score (nSPS) is 19.7. The smallest absolute Gasteiger partial charge is 0.263 e. The van der Waals surface area contributed by atoms with Crippen molar-refractivity contribution in [2.75, 3.05) is 18.8 Å². The molecule has 3 heterocycles. The third-order valence-corrected chi connectivity index (χ3v) is 6.25. The van der Waals surface area contributed by atoms with Crippen LogP contribution in [0.5, 0.6) is 0 Å². The molecule has 2 atom stereocenters. The molecule has 0 unspecified atom stereocenters. The molecule has 0 spiro atoms. The summed E-state index contributed by atoms with van der Waals surface area (Å²) in [5.41, 5.74) is 0.622. The number of allylic oxidation sites excluding steroid dienone is 1. The highest BCUT2D eigenvalue weighted by Crippen LogP contribution is 2.24. The predicted octanol–water partition coefficient (Wildman–Crippen LogP) is 2.83. The van der Waals surface area contributed by atoms with Crippen LogP contribution in [0.15, 0.2) is 46.9 Å². The van der Waals surface area contributed by atoms with Crippen molar-refractivity contribution in [3.05, 3.63) is 47.3 Å². The first-order chi connectivity index (χ1) is 14.0. The lowest BCUT2D eigenvalue weighted by Gasteiger charge is -2.34. The molecule has 0 N–H and O–H groups in total. The van der Waals surface area contributed by atoms with Gasteiger partial charge in [-0.1, -0.05) is 43.8 Å². The first-order valence-electron chi connectivity index (χ1n) is 9.87. The Morgan fingerprint density at radius 1 is 1.24 bits per heavy atom. The maximum atomic E-state index is 12.8. The molecule has 1 saturated heterocycles. The van der Waals surface area contributed by atoms with Crippen LogP contribution in [0, 0.1) is 11.8 Å². The molecule has 152 valence electrons. The van der Waals surface area contributed by atoms with E-state index in [-0.39, 0.29) is 11.5 Å². The van der Waals surface area contributed by atoms with Crippen LogP contribution in [0.25, 0.3) is 16.7 Å². The summed E-state index contributed by atoms with van der Waals surface area (Å²) in [6, 6.07) is 7.40. The molecule has 0 bridgehead atoms. The highest BCUT2D eigenvalue weighted by atomic mass is 32.2. The molecule has 29 heavy (non-hydrogen) atoms. The molecule has 0 aliphatic carbocycles. The zero-order chi connectivity index (χ0) is 20.5. The van der Waals surface area contributed by atoms with Crippen molar-refractivity contribution < 1.29 is 4.79 Å². The lowest BCUT2D eigenvalue weighted by Crippen LogP contribution is -2.43. The fourth-order valence-electron chi connectivity index (χ4n) is 4.20. The number of fused-ring (bicyclic) bond motifs is 3. The van der Waals surface area contributed by atoms with E-state index in [0.29, 0.717) is 40.5 Å². The van der Waals surface area contributed by atoms with Gasteiger partial charge in [-0.2, -0.15) is 0 Å². The first-order valence-corrected chi connectivity index (χ1v) is 10.9. The fourth-order valence-corrected chi connectivity index (χ4v) is 5.05. The Hall–Kier alpha value is -2.61. The van der Waals surface area contributed by atoms with Crippen molar-refractivity contribution in [3.8, 4) is 0 Å². The molecule has 7 nitrogen and oxygen atoms in total. The maximum Gasteiger partial charge on any atom is 0.263 e. The Bertz CT molecular complexity index is 1130. The Labute approximate surface area is 173 Å². The van der Waals surface area contributed by atoms with Crippen LogP contribution in [0.3, 0.4) is 0 Å². The number of piperidine rings is 1. The third kappa shape index (κ3) is 3.69. The van der Waals surface area contributed by atoms with Crippen LogP contribution >= 0.6 is 11.8 Å². The number of carbonyl (C=O) groups excluding carboxylic acids is 1. The summed E-state index contributed by atoms with van der Waals surface area (Å²) >= 11 is 1.37. The van der Waals surface area contributed by atoms with Crippen molar-refractivity contribution >= 4 is 34.3 Å². The van der Waals surface area contributed by atoms with Gasteiger partial charge in [0.1, 0.15) is 0 Å². The summed E-state index contributed by atoms with van der Waals surface area (Å²) in [6.45, 7) is 10.1. The summed E-state index contributed by atoms with van der Waals surface area (Å²) in [6.07, 6.45) is 2.83. The number of carbonyl (C=O) groups is 1. The number of hydrogen-bond acceptors (Lipinski definition) is 5. The first kappa shape index (κ1) is 19.7. The molecule has 3 aromatic rings. The minimum absolute atomic E-state index is 0.119. The number of amides is 1. The van der Waals surface area contributed by atoms with Crippen molar-refractivity contribution in [1.82, 2.24) is 24.1 Å². The van der Waals surface area contributed by atoms with Gasteiger partial charge in [-0.05, 0) is 30.4 Å². The Balaban J connectivity index is 1.67. The van der Waals surface area contributed by atoms with Gasteiger partial charge in [0.05, 0.1) is 16.7 Å². The van der Waals surface area contributed by atoms with Crippen LogP contribution in [0.2, 0.25) is 0 Å².